The third kappa shape index (κ3) is 4.35. The number of rotatable bonds is 5. The molecule has 24 heavy (non-hydrogen) atoms. The molecule has 1 aromatic rings. The standard InChI is InChI=1S/C17H23NO5S/c1-12(24(2,22)23)16(19)18-9-7-13(8-10-18)11-14-5-3-4-6-15(14)17(20)21/h3-6,12-13H,7-11H2,1-2H3,(H,20,21). The largest absolute Gasteiger partial charge is 0.478 e. The number of benzene rings is 1. The Labute approximate surface area is 142 Å². The van der Waals surface area contributed by atoms with E-state index < -0.39 is 21.1 Å². The number of aromatic carboxylic acids is 1. The van der Waals surface area contributed by atoms with Gasteiger partial charge in [-0.3, -0.25) is 4.79 Å². The number of carbonyl (C=O) groups is 2. The van der Waals surface area contributed by atoms with E-state index in [1.807, 2.05) is 12.1 Å². The van der Waals surface area contributed by atoms with Crippen molar-refractivity contribution in [3.8, 4) is 0 Å². The number of piperidine rings is 1. The fraction of sp³-hybridized carbons (Fsp3) is 0.529. The monoisotopic (exact) mass is 353 g/mol. The van der Waals surface area contributed by atoms with E-state index in [2.05, 4.69) is 0 Å². The van der Waals surface area contributed by atoms with Crippen molar-refractivity contribution in [2.45, 2.75) is 31.4 Å². The number of carboxylic acids is 1. The summed E-state index contributed by atoms with van der Waals surface area (Å²) in [6, 6.07) is 6.96. The van der Waals surface area contributed by atoms with Gasteiger partial charge in [-0.15, -0.1) is 0 Å². The molecule has 1 aliphatic heterocycles. The molecule has 1 aromatic carbocycles. The van der Waals surface area contributed by atoms with Crippen LogP contribution in [0.1, 0.15) is 35.7 Å². The maximum absolute atomic E-state index is 12.2. The maximum atomic E-state index is 12.2. The molecule has 1 saturated heterocycles. The number of hydrogen-bond acceptors (Lipinski definition) is 4. The zero-order chi connectivity index (χ0) is 17.9. The van der Waals surface area contributed by atoms with Crippen LogP contribution < -0.4 is 0 Å². The number of carbonyl (C=O) groups excluding carboxylic acids is 1. The van der Waals surface area contributed by atoms with Crippen LogP contribution in [-0.4, -0.2) is 54.9 Å². The molecule has 0 radical (unpaired) electrons. The highest BCUT2D eigenvalue weighted by molar-refractivity contribution is 7.92. The molecule has 0 aliphatic carbocycles. The summed E-state index contributed by atoms with van der Waals surface area (Å²) >= 11 is 0. The molecule has 0 aromatic heterocycles. The summed E-state index contributed by atoms with van der Waals surface area (Å²) in [5.41, 5.74) is 1.13. The third-order valence-electron chi connectivity index (χ3n) is 4.67. The van der Waals surface area contributed by atoms with Crippen molar-refractivity contribution >= 4 is 21.7 Å². The minimum atomic E-state index is -3.39. The van der Waals surface area contributed by atoms with Gasteiger partial charge >= 0.3 is 5.97 Å². The lowest BCUT2D eigenvalue weighted by atomic mass is 9.88. The number of hydrogen-bond donors (Lipinski definition) is 1. The summed E-state index contributed by atoms with van der Waals surface area (Å²) in [5, 5.41) is 8.23. The third-order valence-corrected chi connectivity index (χ3v) is 6.16. The molecule has 2 rings (SSSR count). The van der Waals surface area contributed by atoms with Crippen molar-refractivity contribution in [1.29, 1.82) is 0 Å². The van der Waals surface area contributed by atoms with E-state index in [1.165, 1.54) is 6.92 Å². The van der Waals surface area contributed by atoms with Crippen LogP contribution in [0.3, 0.4) is 0 Å². The Morgan fingerprint density at radius 1 is 1.25 bits per heavy atom. The molecular formula is C17H23NO5S. The van der Waals surface area contributed by atoms with Crippen molar-refractivity contribution in [1.82, 2.24) is 4.90 Å². The van der Waals surface area contributed by atoms with Gasteiger partial charge in [0.15, 0.2) is 9.84 Å². The summed E-state index contributed by atoms with van der Waals surface area (Å²) in [4.78, 5) is 25.1. The van der Waals surface area contributed by atoms with Gasteiger partial charge in [0.25, 0.3) is 0 Å². The molecule has 1 atom stereocenters. The summed E-state index contributed by atoms with van der Waals surface area (Å²) in [6.45, 7) is 2.45. The van der Waals surface area contributed by atoms with Gasteiger partial charge in [0.05, 0.1) is 5.56 Å². The van der Waals surface area contributed by atoms with E-state index in [9.17, 15) is 23.1 Å². The van der Waals surface area contributed by atoms with Crippen molar-refractivity contribution in [2.75, 3.05) is 19.3 Å². The fourth-order valence-electron chi connectivity index (χ4n) is 3.02. The zero-order valence-electron chi connectivity index (χ0n) is 13.9. The van der Waals surface area contributed by atoms with Crippen molar-refractivity contribution in [3.63, 3.8) is 0 Å². The molecule has 1 fully saturated rings. The molecule has 0 spiro atoms. The number of sulfone groups is 1. The lowest BCUT2D eigenvalue weighted by Crippen LogP contribution is -2.45. The van der Waals surface area contributed by atoms with E-state index >= 15 is 0 Å². The van der Waals surface area contributed by atoms with Crippen LogP contribution >= 0.6 is 0 Å². The van der Waals surface area contributed by atoms with E-state index in [-0.39, 0.29) is 5.91 Å². The summed E-state index contributed by atoms with van der Waals surface area (Å²) < 4.78 is 23.0. The Morgan fingerprint density at radius 3 is 2.38 bits per heavy atom. The summed E-state index contributed by atoms with van der Waals surface area (Å²) in [7, 11) is -3.39. The first-order valence-corrected chi connectivity index (χ1v) is 9.94. The summed E-state index contributed by atoms with van der Waals surface area (Å²) in [5.74, 6) is -0.981. The number of likely N-dealkylation sites (tertiary alicyclic amines) is 1. The molecule has 1 amide bonds. The second kappa shape index (κ2) is 7.34. The van der Waals surface area contributed by atoms with Crippen LogP contribution in [0.4, 0.5) is 0 Å². The average molecular weight is 353 g/mol. The van der Waals surface area contributed by atoms with Crippen molar-refractivity contribution in [3.05, 3.63) is 35.4 Å². The minimum absolute atomic E-state index is 0.295. The average Bonchev–Trinajstić information content (AvgIpc) is 2.53. The predicted molar refractivity (Wildman–Crippen MR) is 90.7 cm³/mol. The van der Waals surface area contributed by atoms with Gasteiger partial charge in [-0.05, 0) is 43.7 Å². The molecule has 1 unspecified atom stereocenters. The Balaban J connectivity index is 1.97. The lowest BCUT2D eigenvalue weighted by molar-refractivity contribution is -0.131. The molecule has 0 saturated carbocycles. The molecule has 132 valence electrons. The van der Waals surface area contributed by atoms with E-state index in [0.717, 1.165) is 24.7 Å². The van der Waals surface area contributed by atoms with E-state index in [0.29, 0.717) is 31.0 Å². The highest BCUT2D eigenvalue weighted by Gasteiger charge is 2.31. The topological polar surface area (TPSA) is 91.8 Å². The first-order chi connectivity index (χ1) is 11.2. The van der Waals surface area contributed by atoms with Gasteiger partial charge in [-0.2, -0.15) is 0 Å². The first kappa shape index (κ1) is 18.4. The molecule has 0 bridgehead atoms. The number of amides is 1. The molecule has 1 aliphatic rings. The van der Waals surface area contributed by atoms with Gasteiger partial charge in [0.2, 0.25) is 5.91 Å². The zero-order valence-corrected chi connectivity index (χ0v) is 14.8. The van der Waals surface area contributed by atoms with E-state index in [1.54, 1.807) is 17.0 Å². The molecule has 6 nitrogen and oxygen atoms in total. The lowest BCUT2D eigenvalue weighted by Gasteiger charge is -2.33. The first-order valence-electron chi connectivity index (χ1n) is 7.99. The smallest absolute Gasteiger partial charge is 0.335 e. The van der Waals surface area contributed by atoms with Crippen LogP contribution in [0.5, 0.6) is 0 Å². The van der Waals surface area contributed by atoms with Crippen LogP contribution in [0.2, 0.25) is 0 Å². The van der Waals surface area contributed by atoms with Crippen molar-refractivity contribution in [2.24, 2.45) is 5.92 Å². The van der Waals surface area contributed by atoms with Gasteiger partial charge in [0.1, 0.15) is 5.25 Å². The maximum Gasteiger partial charge on any atom is 0.335 e. The van der Waals surface area contributed by atoms with Gasteiger partial charge < -0.3 is 10.0 Å². The quantitative estimate of drug-likeness (QED) is 0.868. The fourth-order valence-corrected chi connectivity index (χ4v) is 3.53. The Bertz CT molecular complexity index is 720. The molecule has 1 N–H and O–H groups in total. The second-order valence-electron chi connectivity index (χ2n) is 6.41. The van der Waals surface area contributed by atoms with Crippen LogP contribution in [0.25, 0.3) is 0 Å². The SMILES string of the molecule is CC(C(=O)N1CCC(Cc2ccccc2C(=O)O)CC1)S(C)(=O)=O. The van der Waals surface area contributed by atoms with Gasteiger partial charge in [0, 0.05) is 19.3 Å². The Kier molecular flexibility index (Phi) is 5.64. The normalized spacial score (nSPS) is 17.5. The summed E-state index contributed by atoms with van der Waals surface area (Å²) in [6.07, 6.45) is 3.23. The molecular weight excluding hydrogens is 330 g/mol. The van der Waals surface area contributed by atoms with Crippen LogP contribution in [-0.2, 0) is 21.1 Å². The Morgan fingerprint density at radius 2 is 1.83 bits per heavy atom. The predicted octanol–water partition coefficient (Wildman–Crippen LogP) is 1.60. The van der Waals surface area contributed by atoms with Gasteiger partial charge in [-0.25, -0.2) is 13.2 Å². The molecule has 7 heteroatoms. The number of nitrogens with zero attached hydrogens (tertiary/aromatic N) is 1. The van der Waals surface area contributed by atoms with E-state index in [4.69, 9.17) is 0 Å². The van der Waals surface area contributed by atoms with Gasteiger partial charge in [-0.1, -0.05) is 18.2 Å². The van der Waals surface area contributed by atoms with Crippen molar-refractivity contribution < 1.29 is 23.1 Å². The second-order valence-corrected chi connectivity index (χ2v) is 8.77. The highest BCUT2D eigenvalue weighted by Crippen LogP contribution is 2.24. The molecule has 1 heterocycles. The minimum Gasteiger partial charge on any atom is -0.478 e. The highest BCUT2D eigenvalue weighted by atomic mass is 32.2. The number of carboxylic acid groups (broad SMARTS) is 1. The van der Waals surface area contributed by atoms with Crippen LogP contribution in [0.15, 0.2) is 24.3 Å². The Hall–Kier alpha value is -1.89. The van der Waals surface area contributed by atoms with Crippen LogP contribution in [0, 0.1) is 5.92 Å².